The van der Waals surface area contributed by atoms with Gasteiger partial charge in [0.2, 0.25) is 0 Å². The van der Waals surface area contributed by atoms with Gasteiger partial charge in [-0.25, -0.2) is 44.9 Å². The molecular weight excluding hydrogens is 1510 g/mol. The lowest BCUT2D eigenvalue weighted by atomic mass is 9.80. The number of benzene rings is 3. The largest absolute Gasteiger partial charge is 0.390 e. The van der Waals surface area contributed by atoms with E-state index in [1.165, 1.54) is 16.7 Å². The van der Waals surface area contributed by atoms with Crippen LogP contribution < -0.4 is 17.2 Å². The van der Waals surface area contributed by atoms with Gasteiger partial charge in [-0.1, -0.05) is 36.4 Å². The molecule has 27 heteroatoms. The van der Waals surface area contributed by atoms with E-state index in [4.69, 9.17) is 17.2 Å². The number of aryl methyl sites for hydroxylation is 3. The van der Waals surface area contributed by atoms with Crippen LogP contribution in [0.3, 0.4) is 0 Å². The number of aromatic nitrogens is 12. The maximum Gasteiger partial charge on any atom is 0.143 e. The molecule has 99 heavy (non-hydrogen) atoms. The van der Waals surface area contributed by atoms with Crippen molar-refractivity contribution in [3.8, 4) is 0 Å². The Labute approximate surface area is 607 Å². The Balaban J connectivity index is 0.000000116. The van der Waals surface area contributed by atoms with Gasteiger partial charge < -0.3 is 61.5 Å². The molecule has 3 saturated heterocycles. The zero-order chi connectivity index (χ0) is 68.7. The molecule has 3 saturated carbocycles. The second-order valence-electron chi connectivity index (χ2n) is 27.9. The highest BCUT2D eigenvalue weighted by Crippen LogP contribution is 2.63. The Morgan fingerprint density at radius 2 is 0.677 bits per heavy atom. The average molecular weight is 1580 g/mol. The van der Waals surface area contributed by atoms with Crippen LogP contribution >= 0.6 is 83.1 Å². The number of fused-ring (bicyclic) bond motifs is 6. The number of halogens is 3. The van der Waals surface area contributed by atoms with Crippen LogP contribution in [0.1, 0.15) is 106 Å². The maximum atomic E-state index is 11.2. The Hall–Kier alpha value is -6.60. The van der Waals surface area contributed by atoms with Crippen molar-refractivity contribution >= 4 is 166 Å². The molecule has 18 rings (SSSR count). The van der Waals surface area contributed by atoms with Crippen molar-refractivity contribution in [1.29, 1.82) is 0 Å². The first-order valence-electron chi connectivity index (χ1n) is 32.9. The molecule has 15 atom stereocenters. The summed E-state index contributed by atoms with van der Waals surface area (Å²) in [4.78, 5) is 39.8. The van der Waals surface area contributed by atoms with Gasteiger partial charge in [0.15, 0.2) is 0 Å². The highest BCUT2D eigenvalue weighted by atomic mass is 79.9. The summed E-state index contributed by atoms with van der Waals surface area (Å²) in [7, 11) is 0. The van der Waals surface area contributed by atoms with Crippen molar-refractivity contribution in [2.24, 2.45) is 16.2 Å². The van der Waals surface area contributed by atoms with E-state index in [9.17, 15) is 30.6 Å². The number of pyridine rings is 3. The number of nitrogens with zero attached hydrogens (tertiary/aromatic N) is 12. The number of nitrogen functional groups attached to an aromatic ring is 3. The summed E-state index contributed by atoms with van der Waals surface area (Å²) in [5, 5.41) is 73.6. The van der Waals surface area contributed by atoms with Gasteiger partial charge in [0.25, 0.3) is 0 Å². The number of anilines is 3. The van der Waals surface area contributed by atoms with Gasteiger partial charge in [-0.05, 0) is 178 Å². The van der Waals surface area contributed by atoms with E-state index in [0.29, 0.717) is 36.7 Å². The molecule has 0 unspecified atom stereocenters. The van der Waals surface area contributed by atoms with Crippen LogP contribution in [0, 0.1) is 37.0 Å². The van der Waals surface area contributed by atoms with Gasteiger partial charge in [-0.2, -0.15) is 35.3 Å². The van der Waals surface area contributed by atoms with E-state index in [0.717, 1.165) is 133 Å². The average Bonchev–Trinajstić information content (AvgIpc) is 1.69. The molecule has 21 nitrogen and oxygen atoms in total. The Kier molecular flexibility index (Phi) is 17.4. The van der Waals surface area contributed by atoms with E-state index >= 15 is 0 Å². The lowest BCUT2D eigenvalue weighted by Gasteiger charge is -2.27. The van der Waals surface area contributed by atoms with Crippen molar-refractivity contribution < 1.29 is 30.6 Å². The normalized spacial score (nSPS) is 29.6. The molecule has 6 aliphatic rings. The van der Waals surface area contributed by atoms with Crippen molar-refractivity contribution in [3.63, 3.8) is 0 Å². The molecule has 9 aromatic heterocycles. The molecule has 3 aromatic carbocycles. The SMILES string of the molecule is Cc1ncnc2c1ccn2[C@@H]1C[C@@]2(CS[C@@H](c3ccc4cc(Br)c(N)nc4c3)C2)[C@@H](O)[C@H]1O.Cc1ncnc2c1ccn2[C@@H]1C[C@@]2(CS[C@H](c3ccc4cc(Br)c(N)nc4c3)C2)[C@@H](O)[C@H]1O.Cc1ncnc2c1ccn2[C@@H]1C[C@@]2(CS[C@H](c3ccc4cc(Br)c(N)nc4c3)C2)[C@@H](O)[C@H]1O. The van der Waals surface area contributed by atoms with E-state index < -0.39 is 36.6 Å². The first-order valence-corrected chi connectivity index (χ1v) is 38.5. The molecule has 0 radical (unpaired) electrons. The highest BCUT2D eigenvalue weighted by Gasteiger charge is 2.59. The summed E-state index contributed by atoms with van der Waals surface area (Å²) in [6.45, 7) is 5.87. The van der Waals surface area contributed by atoms with Gasteiger partial charge in [0.05, 0.1) is 83.5 Å². The number of hydrogen-bond donors (Lipinski definition) is 9. The molecule has 3 spiro atoms. The fourth-order valence-corrected chi connectivity index (χ4v) is 22.8. The van der Waals surface area contributed by atoms with Crippen LogP contribution in [0.15, 0.2) is 142 Å². The predicted molar refractivity (Wildman–Crippen MR) is 402 cm³/mol. The minimum Gasteiger partial charge on any atom is -0.390 e. The van der Waals surface area contributed by atoms with E-state index in [1.54, 1.807) is 19.0 Å². The van der Waals surface area contributed by atoms with Crippen LogP contribution in [0.4, 0.5) is 17.5 Å². The van der Waals surface area contributed by atoms with Crippen LogP contribution in [-0.2, 0) is 0 Å². The van der Waals surface area contributed by atoms with Crippen LogP contribution in [0.2, 0.25) is 0 Å². The van der Waals surface area contributed by atoms with Crippen LogP contribution in [0.25, 0.3) is 65.8 Å². The van der Waals surface area contributed by atoms with Crippen molar-refractivity contribution in [2.45, 2.75) is 130 Å². The highest BCUT2D eigenvalue weighted by molar-refractivity contribution is 9.11. The van der Waals surface area contributed by atoms with E-state index in [2.05, 4.69) is 147 Å². The Morgan fingerprint density at radius 1 is 0.394 bits per heavy atom. The van der Waals surface area contributed by atoms with Gasteiger partial charge in [-0.3, -0.25) is 0 Å². The molecule has 0 bridgehead atoms. The topological polar surface area (TPSA) is 330 Å². The fraction of sp³-hybridized carbons (Fsp3) is 0.375. The third kappa shape index (κ3) is 11.6. The third-order valence-electron chi connectivity index (χ3n) is 22.2. The minimum atomic E-state index is -0.842. The molecule has 0 amide bonds. The molecule has 3 aliphatic carbocycles. The first kappa shape index (κ1) is 66.9. The first-order chi connectivity index (χ1) is 47.6. The standard InChI is InChI=1S/3C24H24BrN5O2S/c3*1-12-15-4-5-30(23(15)28-11-27-12)18-8-24(21(32)20(18)31)9-19(33-10-24)14-3-2-13-6-16(25)22(26)29-17(13)7-14/h3*2-7,11,18-21,31-32H,8-10H2,1H3,(H2,26,29)/t2*18-,19+,20+,21+,24-;18-,19-,20+,21+,24-/m111/s1. The van der Waals surface area contributed by atoms with E-state index in [1.807, 2.05) is 125 Å². The van der Waals surface area contributed by atoms with Crippen molar-refractivity contribution in [3.05, 3.63) is 176 Å². The summed E-state index contributed by atoms with van der Waals surface area (Å²) in [5.41, 5.74) is 28.2. The molecule has 12 N–H and O–H groups in total. The quantitative estimate of drug-likeness (QED) is 0.0747. The molecule has 12 aromatic rings. The number of hydrogen-bond acceptors (Lipinski definition) is 21. The molecule has 3 aliphatic heterocycles. The van der Waals surface area contributed by atoms with Gasteiger partial charge >= 0.3 is 0 Å². The molecule has 6 fully saturated rings. The van der Waals surface area contributed by atoms with Gasteiger partial charge in [0.1, 0.15) is 71.7 Å². The zero-order valence-corrected chi connectivity index (χ0v) is 61.3. The summed E-state index contributed by atoms with van der Waals surface area (Å²) in [6, 6.07) is 30.2. The predicted octanol–water partition coefficient (Wildman–Crippen LogP) is 12.5. The molecule has 510 valence electrons. The van der Waals surface area contributed by atoms with Crippen LogP contribution in [-0.4, -0.2) is 143 Å². The summed E-state index contributed by atoms with van der Waals surface area (Å²) >= 11 is 15.9. The Bertz CT molecular complexity index is 4690. The monoisotopic (exact) mass is 1580 g/mol. The minimum absolute atomic E-state index is 0.221. The number of aliphatic hydroxyl groups excluding tert-OH is 6. The van der Waals surface area contributed by atoms with Crippen LogP contribution in [0.5, 0.6) is 0 Å². The summed E-state index contributed by atoms with van der Waals surface area (Å²) in [5.74, 6) is 3.83. The lowest BCUT2D eigenvalue weighted by Crippen LogP contribution is -2.36. The maximum absolute atomic E-state index is 11.2. The number of rotatable bonds is 6. The van der Waals surface area contributed by atoms with Crippen molar-refractivity contribution in [2.75, 3.05) is 34.5 Å². The zero-order valence-electron chi connectivity index (χ0n) is 54.1. The summed E-state index contributed by atoms with van der Waals surface area (Å²) < 4.78 is 8.44. The molecule has 12 heterocycles. The van der Waals surface area contributed by atoms with Gasteiger partial charge in [0, 0.05) is 100 Å². The lowest BCUT2D eigenvalue weighted by molar-refractivity contribution is -0.0204. The van der Waals surface area contributed by atoms with Crippen molar-refractivity contribution in [1.82, 2.24) is 58.6 Å². The molecular formula is C72H72Br3N15O6S3. The number of nitrogens with two attached hydrogens (primary N) is 3. The number of thioether (sulfide) groups is 3. The van der Waals surface area contributed by atoms with Gasteiger partial charge in [-0.15, -0.1) is 0 Å². The smallest absolute Gasteiger partial charge is 0.143 e. The second-order valence-corrected chi connectivity index (χ2v) is 34.0. The summed E-state index contributed by atoms with van der Waals surface area (Å²) in [6.07, 6.45) is 10.2. The number of aliphatic hydroxyl groups is 6. The van der Waals surface area contributed by atoms with E-state index in [-0.39, 0.29) is 50.1 Å². The fourth-order valence-electron chi connectivity index (χ4n) is 16.6. The third-order valence-corrected chi connectivity index (χ3v) is 28.8. The second kappa shape index (κ2) is 25.7. The Morgan fingerprint density at radius 3 is 0.960 bits per heavy atom.